The van der Waals surface area contributed by atoms with Crippen molar-refractivity contribution < 1.29 is 23.0 Å². The molecule has 1 rings (SSSR count). The highest BCUT2D eigenvalue weighted by molar-refractivity contribution is 6.24. The first-order chi connectivity index (χ1) is 8.81. The predicted octanol–water partition coefficient (Wildman–Crippen LogP) is 3.51. The quantitative estimate of drug-likeness (QED) is 0.814. The Morgan fingerprint density at radius 1 is 1.26 bits per heavy atom. The van der Waals surface area contributed by atoms with Gasteiger partial charge in [-0.2, -0.15) is 13.2 Å². The maximum absolute atomic E-state index is 12.9. The molecule has 2 unspecified atom stereocenters. The van der Waals surface area contributed by atoms with E-state index in [4.69, 9.17) is 11.6 Å². The first-order valence-electron chi connectivity index (χ1n) is 5.93. The van der Waals surface area contributed by atoms with Crippen molar-refractivity contribution in [2.45, 2.75) is 37.1 Å². The zero-order chi connectivity index (χ0) is 14.5. The second kappa shape index (κ2) is 6.59. The Hall–Kier alpha value is -0.780. The molecule has 0 heterocycles. The van der Waals surface area contributed by atoms with Gasteiger partial charge in [0.1, 0.15) is 6.10 Å². The number of ether oxygens (including phenoxy) is 1. The van der Waals surface area contributed by atoms with Gasteiger partial charge in [-0.1, -0.05) is 41.9 Å². The number of hydrogen-bond donors (Lipinski definition) is 1. The fraction of sp³-hybridized carbons (Fsp3) is 0.538. The van der Waals surface area contributed by atoms with Crippen molar-refractivity contribution in [3.8, 4) is 0 Å². The Labute approximate surface area is 115 Å². The highest BCUT2D eigenvalue weighted by atomic mass is 35.5. The molecule has 2 nitrogen and oxygen atoms in total. The number of hydrogen-bond acceptors (Lipinski definition) is 2. The van der Waals surface area contributed by atoms with Gasteiger partial charge in [0.2, 0.25) is 0 Å². The standard InChI is InChI=1S/C13H16ClF3O2/c1-2-19-12(14,13(15,16)17)11(18)9-8-10-6-4-3-5-7-10/h3-7,11,18H,2,8-9H2,1H3. The molecular weight excluding hydrogens is 281 g/mol. The third-order valence-corrected chi connectivity index (χ3v) is 3.29. The molecule has 19 heavy (non-hydrogen) atoms. The summed E-state index contributed by atoms with van der Waals surface area (Å²) in [6, 6.07) is 8.92. The molecule has 0 aliphatic rings. The number of aliphatic hydroxyl groups is 1. The Balaban J connectivity index is 2.70. The van der Waals surface area contributed by atoms with Crippen LogP contribution in [0.2, 0.25) is 0 Å². The van der Waals surface area contributed by atoms with Crippen molar-refractivity contribution in [3.05, 3.63) is 35.9 Å². The fourth-order valence-electron chi connectivity index (χ4n) is 1.71. The lowest BCUT2D eigenvalue weighted by Crippen LogP contribution is -2.52. The number of benzene rings is 1. The average Bonchev–Trinajstić information content (AvgIpc) is 2.36. The number of aryl methyl sites for hydroxylation is 1. The van der Waals surface area contributed by atoms with E-state index in [0.717, 1.165) is 5.56 Å². The number of alkyl halides is 4. The van der Waals surface area contributed by atoms with Crippen molar-refractivity contribution in [2.75, 3.05) is 6.61 Å². The van der Waals surface area contributed by atoms with E-state index < -0.39 is 17.3 Å². The molecule has 0 aliphatic heterocycles. The molecule has 0 amide bonds. The second-order valence-corrected chi connectivity index (χ2v) is 4.68. The van der Waals surface area contributed by atoms with E-state index in [2.05, 4.69) is 4.74 Å². The van der Waals surface area contributed by atoms with Gasteiger partial charge in [-0.25, -0.2) is 0 Å². The molecule has 0 spiro atoms. The lowest BCUT2D eigenvalue weighted by molar-refractivity contribution is -0.268. The maximum Gasteiger partial charge on any atom is 0.434 e. The highest BCUT2D eigenvalue weighted by Gasteiger charge is 2.59. The van der Waals surface area contributed by atoms with Crippen molar-refractivity contribution >= 4 is 11.6 Å². The van der Waals surface area contributed by atoms with E-state index in [0.29, 0.717) is 6.42 Å². The van der Waals surface area contributed by atoms with Crippen LogP contribution in [0.3, 0.4) is 0 Å². The largest absolute Gasteiger partial charge is 0.434 e. The van der Waals surface area contributed by atoms with Crippen LogP contribution in [0.4, 0.5) is 13.2 Å². The Bertz CT molecular complexity index is 383. The first kappa shape index (κ1) is 16.3. The number of rotatable bonds is 6. The molecule has 2 atom stereocenters. The summed E-state index contributed by atoms with van der Waals surface area (Å²) in [5.41, 5.74) is 0.833. The van der Waals surface area contributed by atoms with Gasteiger partial charge in [0.25, 0.3) is 5.06 Å². The van der Waals surface area contributed by atoms with Gasteiger partial charge in [-0.15, -0.1) is 0 Å². The number of aliphatic hydroxyl groups excluding tert-OH is 1. The van der Waals surface area contributed by atoms with E-state index in [9.17, 15) is 18.3 Å². The molecule has 0 saturated carbocycles. The Morgan fingerprint density at radius 3 is 2.32 bits per heavy atom. The van der Waals surface area contributed by atoms with Crippen LogP contribution >= 0.6 is 11.6 Å². The highest BCUT2D eigenvalue weighted by Crippen LogP contribution is 2.41. The maximum atomic E-state index is 12.9. The van der Waals surface area contributed by atoms with Crippen LogP contribution in [0, 0.1) is 0 Å². The summed E-state index contributed by atoms with van der Waals surface area (Å²) in [4.78, 5) is 0. The lowest BCUT2D eigenvalue weighted by Gasteiger charge is -2.33. The molecule has 0 radical (unpaired) electrons. The SMILES string of the molecule is CCOC(Cl)(C(O)CCc1ccccc1)C(F)(F)F. The fourth-order valence-corrected chi connectivity index (χ4v) is 1.93. The molecule has 1 N–H and O–H groups in total. The van der Waals surface area contributed by atoms with Crippen LogP contribution in [-0.2, 0) is 11.2 Å². The van der Waals surface area contributed by atoms with E-state index in [1.807, 2.05) is 6.07 Å². The van der Waals surface area contributed by atoms with Crippen molar-refractivity contribution in [1.29, 1.82) is 0 Å². The molecule has 0 aliphatic carbocycles. The predicted molar refractivity (Wildman–Crippen MR) is 67.0 cm³/mol. The molecule has 1 aromatic carbocycles. The summed E-state index contributed by atoms with van der Waals surface area (Å²) < 4.78 is 43.1. The van der Waals surface area contributed by atoms with Gasteiger partial charge in [-0.3, -0.25) is 0 Å². The van der Waals surface area contributed by atoms with E-state index >= 15 is 0 Å². The van der Waals surface area contributed by atoms with Crippen molar-refractivity contribution in [2.24, 2.45) is 0 Å². The van der Waals surface area contributed by atoms with Crippen LogP contribution in [-0.4, -0.2) is 29.1 Å². The Morgan fingerprint density at radius 2 is 1.84 bits per heavy atom. The number of halogens is 4. The molecule has 0 fully saturated rings. The van der Waals surface area contributed by atoms with Crippen molar-refractivity contribution in [1.82, 2.24) is 0 Å². The average molecular weight is 297 g/mol. The summed E-state index contributed by atoms with van der Waals surface area (Å²) in [5.74, 6) is 0. The minimum absolute atomic E-state index is 0.132. The van der Waals surface area contributed by atoms with Gasteiger partial charge < -0.3 is 9.84 Å². The minimum atomic E-state index is -4.83. The van der Waals surface area contributed by atoms with Gasteiger partial charge in [0.05, 0.1) is 0 Å². The third kappa shape index (κ3) is 4.09. The summed E-state index contributed by atoms with van der Waals surface area (Å²) in [6.07, 6.45) is -6.50. The summed E-state index contributed by atoms with van der Waals surface area (Å²) in [7, 11) is 0. The molecule has 108 valence electrons. The van der Waals surface area contributed by atoms with E-state index in [1.54, 1.807) is 24.3 Å². The van der Waals surface area contributed by atoms with Gasteiger partial charge in [0, 0.05) is 6.61 Å². The van der Waals surface area contributed by atoms with Gasteiger partial charge >= 0.3 is 6.18 Å². The molecule has 0 saturated heterocycles. The topological polar surface area (TPSA) is 29.5 Å². The van der Waals surface area contributed by atoms with Crippen LogP contribution in [0.15, 0.2) is 30.3 Å². The lowest BCUT2D eigenvalue weighted by atomic mass is 10.0. The van der Waals surface area contributed by atoms with Crippen molar-refractivity contribution in [3.63, 3.8) is 0 Å². The second-order valence-electron chi connectivity index (χ2n) is 4.12. The van der Waals surface area contributed by atoms with E-state index in [-0.39, 0.29) is 13.0 Å². The normalized spacial score (nSPS) is 16.9. The monoisotopic (exact) mass is 296 g/mol. The third-order valence-electron chi connectivity index (χ3n) is 2.72. The van der Waals surface area contributed by atoms with Gasteiger partial charge in [0.15, 0.2) is 0 Å². The van der Waals surface area contributed by atoms with Crippen LogP contribution in [0.1, 0.15) is 18.9 Å². The molecular formula is C13H16ClF3O2. The minimum Gasteiger partial charge on any atom is -0.388 e. The van der Waals surface area contributed by atoms with E-state index in [1.165, 1.54) is 6.92 Å². The molecule has 0 bridgehead atoms. The first-order valence-corrected chi connectivity index (χ1v) is 6.30. The summed E-state index contributed by atoms with van der Waals surface area (Å²) >= 11 is 5.43. The Kier molecular flexibility index (Phi) is 5.64. The van der Waals surface area contributed by atoms with Crippen LogP contribution in [0.25, 0.3) is 0 Å². The summed E-state index contributed by atoms with van der Waals surface area (Å²) in [6.45, 7) is 1.16. The van der Waals surface area contributed by atoms with Gasteiger partial charge in [-0.05, 0) is 25.3 Å². The summed E-state index contributed by atoms with van der Waals surface area (Å²) in [5, 5.41) is 6.67. The zero-order valence-corrected chi connectivity index (χ0v) is 11.2. The smallest absolute Gasteiger partial charge is 0.388 e. The molecule has 6 heteroatoms. The zero-order valence-electron chi connectivity index (χ0n) is 10.5. The molecule has 0 aromatic heterocycles. The molecule has 1 aromatic rings. The van der Waals surface area contributed by atoms with Crippen LogP contribution < -0.4 is 0 Å². The van der Waals surface area contributed by atoms with Crippen LogP contribution in [0.5, 0.6) is 0 Å².